The van der Waals surface area contributed by atoms with Crippen LogP contribution in [0.3, 0.4) is 0 Å². The Morgan fingerprint density at radius 1 is 1.19 bits per heavy atom. The van der Waals surface area contributed by atoms with Crippen molar-refractivity contribution in [2.24, 2.45) is 5.10 Å². The second kappa shape index (κ2) is 6.30. The Labute approximate surface area is 131 Å². The van der Waals surface area contributed by atoms with Gasteiger partial charge in [0, 0.05) is 6.07 Å². The number of anilines is 1. The lowest BCUT2D eigenvalue weighted by molar-refractivity contribution is -0.393. The van der Waals surface area contributed by atoms with Crippen LogP contribution in [0.15, 0.2) is 39.9 Å². The van der Waals surface area contributed by atoms with E-state index >= 15 is 0 Å². The number of halogens is 1. The number of hydrogen-bond donors (Lipinski definition) is 1. The third kappa shape index (κ3) is 3.75. The lowest BCUT2D eigenvalue weighted by atomic mass is 10.2. The Hall–Kier alpha value is -2.50. The highest BCUT2D eigenvalue weighted by Crippen LogP contribution is 2.28. The number of nitro benzene ring substituents is 2. The number of furan rings is 1. The number of hydrogen-bond acceptors (Lipinski definition) is 7. The molecule has 1 aromatic carbocycles. The van der Waals surface area contributed by atoms with Crippen LogP contribution >= 0.6 is 22.6 Å². The summed E-state index contributed by atoms with van der Waals surface area (Å²) < 4.78 is 5.90. The molecular weight excluding hydrogens is 395 g/mol. The maximum atomic E-state index is 10.9. The molecule has 10 heteroatoms. The average molecular weight is 402 g/mol. The minimum atomic E-state index is -0.722. The van der Waals surface area contributed by atoms with Crippen LogP contribution in [0.2, 0.25) is 0 Å². The van der Waals surface area contributed by atoms with Crippen LogP contribution in [0.4, 0.5) is 17.1 Å². The van der Waals surface area contributed by atoms with Gasteiger partial charge in [-0.1, -0.05) is 0 Å². The Kier molecular flexibility index (Phi) is 4.47. The summed E-state index contributed by atoms with van der Waals surface area (Å²) in [7, 11) is 0. The highest BCUT2D eigenvalue weighted by atomic mass is 127. The molecule has 1 aromatic heterocycles. The van der Waals surface area contributed by atoms with Crippen molar-refractivity contribution < 1.29 is 14.3 Å². The first-order chi connectivity index (χ1) is 9.97. The normalized spacial score (nSPS) is 10.7. The van der Waals surface area contributed by atoms with Gasteiger partial charge in [-0.05, 0) is 40.8 Å². The van der Waals surface area contributed by atoms with Gasteiger partial charge in [-0.25, -0.2) is 0 Å². The number of hydrazone groups is 1. The van der Waals surface area contributed by atoms with E-state index in [9.17, 15) is 20.2 Å². The Balaban J connectivity index is 2.21. The van der Waals surface area contributed by atoms with E-state index < -0.39 is 15.5 Å². The molecule has 0 aliphatic heterocycles. The summed E-state index contributed by atoms with van der Waals surface area (Å²) in [5, 5.41) is 25.3. The first-order valence-corrected chi connectivity index (χ1v) is 6.52. The lowest BCUT2D eigenvalue weighted by Crippen LogP contribution is -1.98. The van der Waals surface area contributed by atoms with Crippen LogP contribution < -0.4 is 5.43 Å². The van der Waals surface area contributed by atoms with Crippen LogP contribution in [0, 0.1) is 24.0 Å². The standard InChI is InChI=1S/C11H7IN4O5/c12-11-4-2-8(21-11)6-13-14-9-3-1-7(15(17)18)5-10(9)16(19)20/h1-6,14H/b13-6-. The topological polar surface area (TPSA) is 124 Å². The molecule has 0 saturated heterocycles. The largest absolute Gasteiger partial charge is 0.449 e. The second-order valence-electron chi connectivity index (χ2n) is 3.73. The lowest BCUT2D eigenvalue weighted by Gasteiger charge is -2.01. The summed E-state index contributed by atoms with van der Waals surface area (Å²) in [4.78, 5) is 20.1. The average Bonchev–Trinajstić information content (AvgIpc) is 2.84. The quantitative estimate of drug-likeness (QED) is 0.355. The molecule has 0 spiro atoms. The van der Waals surface area contributed by atoms with Crippen LogP contribution in [-0.2, 0) is 0 Å². The predicted molar refractivity (Wildman–Crippen MR) is 82.4 cm³/mol. The van der Waals surface area contributed by atoms with E-state index in [1.54, 1.807) is 12.1 Å². The number of non-ortho nitro benzene ring substituents is 1. The summed E-state index contributed by atoms with van der Waals surface area (Å²) in [6.45, 7) is 0. The molecule has 2 aromatic rings. The first-order valence-electron chi connectivity index (χ1n) is 5.44. The molecule has 0 radical (unpaired) electrons. The molecular formula is C11H7IN4O5. The van der Waals surface area contributed by atoms with Crippen molar-refractivity contribution in [1.82, 2.24) is 0 Å². The molecule has 9 nitrogen and oxygen atoms in total. The molecule has 1 N–H and O–H groups in total. The van der Waals surface area contributed by atoms with Gasteiger partial charge in [0.25, 0.3) is 5.69 Å². The number of nitrogens with zero attached hydrogens (tertiary/aromatic N) is 3. The molecule has 2 rings (SSSR count). The maximum Gasteiger partial charge on any atom is 0.301 e. The SMILES string of the molecule is O=[N+]([O-])c1ccc(N/N=C\c2ccc(I)o2)c([N+](=O)[O-])c1. The van der Waals surface area contributed by atoms with Crippen molar-refractivity contribution in [3.63, 3.8) is 0 Å². The van der Waals surface area contributed by atoms with Crippen LogP contribution in [0.25, 0.3) is 0 Å². The van der Waals surface area contributed by atoms with E-state index in [4.69, 9.17) is 4.42 Å². The van der Waals surface area contributed by atoms with Gasteiger partial charge in [0.05, 0.1) is 22.1 Å². The van der Waals surface area contributed by atoms with Gasteiger partial charge in [-0.2, -0.15) is 5.10 Å². The van der Waals surface area contributed by atoms with Gasteiger partial charge >= 0.3 is 5.69 Å². The zero-order valence-corrected chi connectivity index (χ0v) is 12.4. The fraction of sp³-hybridized carbons (Fsp3) is 0. The van der Waals surface area contributed by atoms with Gasteiger partial charge in [-0.15, -0.1) is 0 Å². The number of rotatable bonds is 5. The molecule has 0 saturated carbocycles. The smallest absolute Gasteiger partial charge is 0.301 e. The Morgan fingerprint density at radius 2 is 1.95 bits per heavy atom. The molecule has 0 aliphatic carbocycles. The highest BCUT2D eigenvalue weighted by Gasteiger charge is 2.19. The van der Waals surface area contributed by atoms with E-state index in [1.165, 1.54) is 12.3 Å². The molecule has 0 unspecified atom stereocenters. The van der Waals surface area contributed by atoms with Gasteiger partial charge in [-0.3, -0.25) is 25.7 Å². The molecule has 0 bridgehead atoms. The zero-order chi connectivity index (χ0) is 15.4. The molecule has 108 valence electrons. The minimum absolute atomic E-state index is 0.0445. The van der Waals surface area contributed by atoms with Crippen molar-refractivity contribution in [1.29, 1.82) is 0 Å². The zero-order valence-electron chi connectivity index (χ0n) is 10.2. The Bertz CT molecular complexity index is 727. The Morgan fingerprint density at radius 3 is 2.52 bits per heavy atom. The van der Waals surface area contributed by atoms with Gasteiger partial charge in [0.2, 0.25) is 0 Å². The van der Waals surface area contributed by atoms with Crippen molar-refractivity contribution in [2.75, 3.05) is 5.43 Å². The minimum Gasteiger partial charge on any atom is -0.449 e. The molecule has 0 fully saturated rings. The molecule has 1 heterocycles. The summed E-state index contributed by atoms with van der Waals surface area (Å²) in [5.41, 5.74) is 1.71. The maximum absolute atomic E-state index is 10.9. The van der Waals surface area contributed by atoms with Gasteiger partial charge in [0.1, 0.15) is 11.4 Å². The summed E-state index contributed by atoms with van der Waals surface area (Å²) in [5.74, 6) is 0.469. The number of benzene rings is 1. The van der Waals surface area contributed by atoms with Gasteiger partial charge in [0.15, 0.2) is 3.77 Å². The fourth-order valence-corrected chi connectivity index (χ4v) is 1.88. The third-order valence-electron chi connectivity index (χ3n) is 2.36. The molecule has 0 atom stereocenters. The van der Waals surface area contributed by atoms with Gasteiger partial charge < -0.3 is 4.42 Å². The number of nitro groups is 2. The van der Waals surface area contributed by atoms with E-state index in [1.807, 2.05) is 22.6 Å². The van der Waals surface area contributed by atoms with Crippen LogP contribution in [0.5, 0.6) is 0 Å². The van der Waals surface area contributed by atoms with E-state index in [0.29, 0.717) is 9.53 Å². The summed E-state index contributed by atoms with van der Waals surface area (Å²) >= 11 is 1.99. The molecule has 21 heavy (non-hydrogen) atoms. The van der Waals surface area contributed by atoms with Crippen molar-refractivity contribution >= 4 is 45.9 Å². The van der Waals surface area contributed by atoms with Crippen LogP contribution in [0.1, 0.15) is 5.76 Å². The van der Waals surface area contributed by atoms with E-state index in [0.717, 1.165) is 12.1 Å². The highest BCUT2D eigenvalue weighted by molar-refractivity contribution is 14.1. The summed E-state index contributed by atoms with van der Waals surface area (Å²) in [6, 6.07) is 6.65. The monoisotopic (exact) mass is 402 g/mol. The molecule has 0 aliphatic rings. The molecule has 0 amide bonds. The predicted octanol–water partition coefficient (Wildman–Crippen LogP) is 3.15. The van der Waals surface area contributed by atoms with E-state index in [-0.39, 0.29) is 11.4 Å². The first kappa shape index (κ1) is 14.9. The van der Waals surface area contributed by atoms with E-state index in [2.05, 4.69) is 10.5 Å². The van der Waals surface area contributed by atoms with Crippen molar-refractivity contribution in [3.8, 4) is 0 Å². The van der Waals surface area contributed by atoms with Crippen LogP contribution in [-0.4, -0.2) is 16.1 Å². The fourth-order valence-electron chi connectivity index (χ4n) is 1.44. The third-order valence-corrected chi connectivity index (χ3v) is 2.94. The van der Waals surface area contributed by atoms with Crippen molar-refractivity contribution in [2.45, 2.75) is 0 Å². The summed E-state index contributed by atoms with van der Waals surface area (Å²) in [6.07, 6.45) is 1.34. The van der Waals surface area contributed by atoms with Crippen molar-refractivity contribution in [3.05, 3.63) is 60.1 Å². The number of nitrogens with one attached hydrogen (secondary N) is 1. The second-order valence-corrected chi connectivity index (χ2v) is 4.79.